The van der Waals surface area contributed by atoms with Gasteiger partial charge in [-0.1, -0.05) is 24.6 Å². The van der Waals surface area contributed by atoms with E-state index in [1.54, 1.807) is 0 Å². The van der Waals surface area contributed by atoms with Gasteiger partial charge in [0.05, 0.1) is 0 Å². The molecule has 2 atom stereocenters. The highest BCUT2D eigenvalue weighted by atomic mass is 32.1. The van der Waals surface area contributed by atoms with Crippen LogP contribution >= 0.6 is 11.3 Å². The minimum atomic E-state index is 0.347. The molecule has 0 aliphatic heterocycles. The maximum absolute atomic E-state index is 6.07. The molecule has 2 unspecified atom stereocenters. The van der Waals surface area contributed by atoms with Crippen molar-refractivity contribution >= 4 is 21.4 Å². The van der Waals surface area contributed by atoms with Crippen molar-refractivity contribution in [2.75, 3.05) is 0 Å². The minimum Gasteiger partial charge on any atom is -0.326 e. The van der Waals surface area contributed by atoms with Crippen molar-refractivity contribution in [3.8, 4) is 0 Å². The zero-order valence-corrected chi connectivity index (χ0v) is 10.7. The fraction of sp³-hybridized carbons (Fsp3) is 0.429. The largest absolute Gasteiger partial charge is 0.326 e. The Morgan fingerprint density at radius 3 is 3.00 bits per heavy atom. The number of hydrogen-bond acceptors (Lipinski definition) is 3. The van der Waals surface area contributed by atoms with Crippen molar-refractivity contribution in [1.82, 2.24) is 5.32 Å². The van der Waals surface area contributed by atoms with Crippen LogP contribution < -0.4 is 11.1 Å². The molecule has 1 heterocycles. The predicted octanol–water partition coefficient (Wildman–Crippen LogP) is 2.87. The molecule has 1 aliphatic carbocycles. The molecule has 90 valence electrons. The monoisotopic (exact) mass is 246 g/mol. The summed E-state index contributed by atoms with van der Waals surface area (Å²) in [6, 6.07) is 9.46. The van der Waals surface area contributed by atoms with Crippen LogP contribution in [0, 0.1) is 0 Å². The van der Waals surface area contributed by atoms with E-state index >= 15 is 0 Å². The summed E-state index contributed by atoms with van der Waals surface area (Å²) in [6.07, 6.45) is 3.66. The third-order valence-corrected chi connectivity index (χ3v) is 4.70. The van der Waals surface area contributed by atoms with Gasteiger partial charge in [0.1, 0.15) is 0 Å². The first kappa shape index (κ1) is 11.2. The molecule has 3 N–H and O–H groups in total. The highest BCUT2D eigenvalue weighted by molar-refractivity contribution is 7.17. The van der Waals surface area contributed by atoms with E-state index in [0.29, 0.717) is 12.1 Å². The molecule has 1 aromatic heterocycles. The first-order chi connectivity index (χ1) is 8.34. The minimum absolute atomic E-state index is 0.347. The maximum atomic E-state index is 6.07. The van der Waals surface area contributed by atoms with E-state index in [0.717, 1.165) is 6.54 Å². The van der Waals surface area contributed by atoms with Crippen LogP contribution in [0.3, 0.4) is 0 Å². The molecule has 0 amide bonds. The molecule has 3 rings (SSSR count). The third kappa shape index (κ3) is 2.23. The van der Waals surface area contributed by atoms with Crippen molar-refractivity contribution in [1.29, 1.82) is 0 Å². The van der Waals surface area contributed by atoms with Crippen LogP contribution in [-0.4, -0.2) is 12.1 Å². The van der Waals surface area contributed by atoms with Gasteiger partial charge in [-0.2, -0.15) is 0 Å². The number of rotatable bonds is 3. The Bertz CT molecular complexity index is 506. The molecule has 2 aromatic rings. The quantitative estimate of drug-likeness (QED) is 0.874. The van der Waals surface area contributed by atoms with Crippen molar-refractivity contribution in [3.63, 3.8) is 0 Å². The Balaban J connectivity index is 1.72. The molecule has 0 spiro atoms. The van der Waals surface area contributed by atoms with Crippen LogP contribution in [0.15, 0.2) is 29.6 Å². The number of nitrogens with one attached hydrogen (secondary N) is 1. The number of nitrogens with two attached hydrogens (primary N) is 1. The van der Waals surface area contributed by atoms with Gasteiger partial charge in [0, 0.05) is 23.3 Å². The SMILES string of the molecule is NC1CCCC1NCc1csc2ccccc12. The highest BCUT2D eigenvalue weighted by Crippen LogP contribution is 2.26. The second kappa shape index (κ2) is 4.77. The van der Waals surface area contributed by atoms with Crippen molar-refractivity contribution < 1.29 is 0 Å². The van der Waals surface area contributed by atoms with Gasteiger partial charge >= 0.3 is 0 Å². The van der Waals surface area contributed by atoms with Crippen LogP contribution in [0.25, 0.3) is 10.1 Å². The van der Waals surface area contributed by atoms with Gasteiger partial charge in [0.15, 0.2) is 0 Å². The Morgan fingerprint density at radius 2 is 2.18 bits per heavy atom. The predicted molar refractivity (Wildman–Crippen MR) is 74.3 cm³/mol. The average molecular weight is 246 g/mol. The molecular weight excluding hydrogens is 228 g/mol. The van der Waals surface area contributed by atoms with Crippen LogP contribution in [-0.2, 0) is 6.54 Å². The lowest BCUT2D eigenvalue weighted by Gasteiger charge is -2.16. The summed E-state index contributed by atoms with van der Waals surface area (Å²) in [6.45, 7) is 0.947. The van der Waals surface area contributed by atoms with E-state index in [1.807, 2.05) is 11.3 Å². The standard InChI is InChI=1S/C14H18N2S/c15-12-5-3-6-13(12)16-8-10-9-17-14-7-2-1-4-11(10)14/h1-2,4,7,9,12-13,16H,3,5-6,8,15H2. The fourth-order valence-corrected chi connectivity index (χ4v) is 3.62. The smallest absolute Gasteiger partial charge is 0.0346 e. The van der Waals surface area contributed by atoms with E-state index in [1.165, 1.54) is 34.9 Å². The Morgan fingerprint density at radius 1 is 1.29 bits per heavy atom. The number of benzene rings is 1. The summed E-state index contributed by atoms with van der Waals surface area (Å²) in [4.78, 5) is 0. The molecule has 17 heavy (non-hydrogen) atoms. The zero-order chi connectivity index (χ0) is 11.7. The summed E-state index contributed by atoms with van der Waals surface area (Å²) in [7, 11) is 0. The molecule has 0 radical (unpaired) electrons. The molecule has 0 bridgehead atoms. The van der Waals surface area contributed by atoms with Crippen molar-refractivity contribution in [3.05, 3.63) is 35.2 Å². The molecule has 1 fully saturated rings. The van der Waals surface area contributed by atoms with E-state index in [-0.39, 0.29) is 0 Å². The van der Waals surface area contributed by atoms with Crippen LogP contribution in [0.2, 0.25) is 0 Å². The third-order valence-electron chi connectivity index (χ3n) is 3.69. The Labute approximate surface area is 106 Å². The normalized spacial score (nSPS) is 24.5. The average Bonchev–Trinajstić information content (AvgIpc) is 2.93. The Hall–Kier alpha value is -0.900. The lowest BCUT2D eigenvalue weighted by Crippen LogP contribution is -2.40. The molecule has 3 heteroatoms. The molecule has 0 saturated heterocycles. The van der Waals surface area contributed by atoms with Crippen LogP contribution in [0.4, 0.5) is 0 Å². The number of hydrogen-bond donors (Lipinski definition) is 2. The van der Waals surface area contributed by atoms with Crippen molar-refractivity contribution in [2.24, 2.45) is 5.73 Å². The zero-order valence-electron chi connectivity index (χ0n) is 9.86. The second-order valence-corrected chi connectivity index (χ2v) is 5.75. The van der Waals surface area contributed by atoms with Crippen LogP contribution in [0.1, 0.15) is 24.8 Å². The van der Waals surface area contributed by atoms with Gasteiger partial charge in [0.2, 0.25) is 0 Å². The van der Waals surface area contributed by atoms with E-state index in [9.17, 15) is 0 Å². The van der Waals surface area contributed by atoms with Gasteiger partial charge in [0.25, 0.3) is 0 Å². The van der Waals surface area contributed by atoms with E-state index < -0.39 is 0 Å². The Kier molecular flexibility index (Phi) is 3.14. The molecule has 1 aromatic carbocycles. The lowest BCUT2D eigenvalue weighted by atomic mass is 10.1. The second-order valence-electron chi connectivity index (χ2n) is 4.84. The van der Waals surface area contributed by atoms with Gasteiger partial charge in [-0.15, -0.1) is 11.3 Å². The summed E-state index contributed by atoms with van der Waals surface area (Å²) in [5.74, 6) is 0. The first-order valence-electron chi connectivity index (χ1n) is 6.28. The molecule has 1 aliphatic rings. The molecule has 1 saturated carbocycles. The molecular formula is C14H18N2S. The van der Waals surface area contributed by atoms with Gasteiger partial charge in [-0.25, -0.2) is 0 Å². The van der Waals surface area contributed by atoms with Crippen LogP contribution in [0.5, 0.6) is 0 Å². The van der Waals surface area contributed by atoms with Gasteiger partial charge < -0.3 is 11.1 Å². The lowest BCUT2D eigenvalue weighted by molar-refractivity contribution is 0.476. The van der Waals surface area contributed by atoms with E-state index in [2.05, 4.69) is 35.0 Å². The fourth-order valence-electron chi connectivity index (χ4n) is 2.65. The van der Waals surface area contributed by atoms with E-state index in [4.69, 9.17) is 5.73 Å². The summed E-state index contributed by atoms with van der Waals surface area (Å²) in [5.41, 5.74) is 7.48. The van der Waals surface area contributed by atoms with Gasteiger partial charge in [-0.05, 0) is 35.2 Å². The summed E-state index contributed by atoms with van der Waals surface area (Å²) >= 11 is 1.83. The summed E-state index contributed by atoms with van der Waals surface area (Å²) in [5, 5.41) is 7.26. The number of fused-ring (bicyclic) bond motifs is 1. The molecule has 2 nitrogen and oxygen atoms in total. The first-order valence-corrected chi connectivity index (χ1v) is 7.16. The topological polar surface area (TPSA) is 38.0 Å². The van der Waals surface area contributed by atoms with Crippen molar-refractivity contribution in [2.45, 2.75) is 37.9 Å². The van der Waals surface area contributed by atoms with Gasteiger partial charge in [-0.3, -0.25) is 0 Å². The highest BCUT2D eigenvalue weighted by Gasteiger charge is 2.23. The summed E-state index contributed by atoms with van der Waals surface area (Å²) < 4.78 is 1.38. The number of thiophene rings is 1. The maximum Gasteiger partial charge on any atom is 0.0346 e.